The fourth-order valence-corrected chi connectivity index (χ4v) is 3.82. The number of aromatic amines is 1. The molecule has 1 N–H and O–H groups in total. The molecule has 1 fully saturated rings. The Labute approximate surface area is 171 Å². The monoisotopic (exact) mass is 398 g/mol. The highest BCUT2D eigenvalue weighted by Crippen LogP contribution is 2.30. The predicted octanol–water partition coefficient (Wildman–Crippen LogP) is 2.57. The molecular formula is C21H18N8O. The number of pyridine rings is 1. The van der Waals surface area contributed by atoms with Crippen LogP contribution in [0.25, 0.3) is 39.1 Å². The van der Waals surface area contributed by atoms with Gasteiger partial charge >= 0.3 is 0 Å². The summed E-state index contributed by atoms with van der Waals surface area (Å²) in [5.41, 5.74) is 5.51. The molecule has 0 radical (unpaired) electrons. The third kappa shape index (κ3) is 2.87. The molecule has 148 valence electrons. The van der Waals surface area contributed by atoms with Gasteiger partial charge in [0.2, 0.25) is 0 Å². The van der Waals surface area contributed by atoms with E-state index in [0.717, 1.165) is 58.0 Å². The normalized spacial score (nSPS) is 14.6. The number of anilines is 1. The Bertz CT molecular complexity index is 1350. The fourth-order valence-electron chi connectivity index (χ4n) is 3.82. The zero-order chi connectivity index (χ0) is 19.9. The Morgan fingerprint density at radius 1 is 0.900 bits per heavy atom. The van der Waals surface area contributed by atoms with Gasteiger partial charge in [-0.25, -0.2) is 19.5 Å². The van der Waals surface area contributed by atoms with Gasteiger partial charge in [0.1, 0.15) is 24.2 Å². The average Bonchev–Trinajstić information content (AvgIpc) is 3.45. The fraction of sp³-hybridized carbons (Fsp3) is 0.190. The van der Waals surface area contributed by atoms with E-state index < -0.39 is 0 Å². The highest BCUT2D eigenvalue weighted by Gasteiger charge is 2.16. The van der Waals surface area contributed by atoms with Crippen molar-refractivity contribution in [2.75, 3.05) is 31.2 Å². The zero-order valence-electron chi connectivity index (χ0n) is 16.1. The van der Waals surface area contributed by atoms with Gasteiger partial charge in [-0.2, -0.15) is 10.2 Å². The highest BCUT2D eigenvalue weighted by atomic mass is 16.5. The molecule has 1 saturated heterocycles. The smallest absolute Gasteiger partial charge is 0.155 e. The van der Waals surface area contributed by atoms with Crippen molar-refractivity contribution in [2.24, 2.45) is 0 Å². The summed E-state index contributed by atoms with van der Waals surface area (Å²) in [6.07, 6.45) is 5.13. The van der Waals surface area contributed by atoms with E-state index in [2.05, 4.69) is 47.3 Å². The minimum Gasteiger partial charge on any atom is -0.378 e. The van der Waals surface area contributed by atoms with Crippen molar-refractivity contribution < 1.29 is 4.74 Å². The van der Waals surface area contributed by atoms with Gasteiger partial charge in [0, 0.05) is 36.3 Å². The number of hydrogen-bond acceptors (Lipinski definition) is 7. The summed E-state index contributed by atoms with van der Waals surface area (Å²) >= 11 is 0. The number of fused-ring (bicyclic) bond motifs is 2. The van der Waals surface area contributed by atoms with Crippen molar-refractivity contribution >= 4 is 22.4 Å². The van der Waals surface area contributed by atoms with Crippen LogP contribution in [0.5, 0.6) is 0 Å². The predicted molar refractivity (Wildman–Crippen MR) is 112 cm³/mol. The topological polar surface area (TPSA) is 97.1 Å². The molecule has 1 aliphatic rings. The van der Waals surface area contributed by atoms with E-state index in [1.165, 1.54) is 0 Å². The van der Waals surface area contributed by atoms with Crippen LogP contribution < -0.4 is 4.90 Å². The SMILES string of the molecule is c1nc(-c2n[nH]c3ccc(-c4ccc5ncnn5c4)cc23)cc(N2CCOCC2)n1. The van der Waals surface area contributed by atoms with Crippen molar-refractivity contribution in [2.45, 2.75) is 0 Å². The molecule has 9 heteroatoms. The molecule has 0 bridgehead atoms. The molecular weight excluding hydrogens is 380 g/mol. The van der Waals surface area contributed by atoms with Crippen molar-refractivity contribution in [3.8, 4) is 22.5 Å². The molecule has 5 heterocycles. The Morgan fingerprint density at radius 2 is 1.80 bits per heavy atom. The molecule has 0 aliphatic carbocycles. The average molecular weight is 398 g/mol. The Kier molecular flexibility index (Phi) is 3.91. The maximum absolute atomic E-state index is 5.45. The summed E-state index contributed by atoms with van der Waals surface area (Å²) in [5.74, 6) is 0.896. The first-order chi connectivity index (χ1) is 14.8. The van der Waals surface area contributed by atoms with Crippen LogP contribution in [-0.4, -0.2) is 61.1 Å². The molecule has 0 unspecified atom stereocenters. The summed E-state index contributed by atoms with van der Waals surface area (Å²) in [5, 5.41) is 12.9. The van der Waals surface area contributed by atoms with Gasteiger partial charge < -0.3 is 9.64 Å². The van der Waals surface area contributed by atoms with Crippen molar-refractivity contribution in [1.29, 1.82) is 0 Å². The third-order valence-corrected chi connectivity index (χ3v) is 5.40. The lowest BCUT2D eigenvalue weighted by Gasteiger charge is -2.27. The summed E-state index contributed by atoms with van der Waals surface area (Å²) in [6.45, 7) is 3.08. The van der Waals surface area contributed by atoms with E-state index in [-0.39, 0.29) is 0 Å². The van der Waals surface area contributed by atoms with Gasteiger partial charge in [-0.05, 0) is 29.8 Å². The zero-order valence-corrected chi connectivity index (χ0v) is 16.1. The second-order valence-electron chi connectivity index (χ2n) is 7.17. The third-order valence-electron chi connectivity index (χ3n) is 5.40. The number of ether oxygens (including phenoxy) is 1. The molecule has 9 nitrogen and oxygen atoms in total. The van der Waals surface area contributed by atoms with E-state index in [0.29, 0.717) is 13.2 Å². The number of rotatable bonds is 3. The summed E-state index contributed by atoms with van der Waals surface area (Å²) in [6, 6.07) is 12.2. The molecule has 0 saturated carbocycles. The van der Waals surface area contributed by atoms with Crippen molar-refractivity contribution in [3.63, 3.8) is 0 Å². The second kappa shape index (κ2) is 6.89. The van der Waals surface area contributed by atoms with Crippen LogP contribution in [0.4, 0.5) is 5.82 Å². The van der Waals surface area contributed by atoms with E-state index in [4.69, 9.17) is 4.74 Å². The molecule has 0 spiro atoms. The maximum Gasteiger partial charge on any atom is 0.155 e. The van der Waals surface area contributed by atoms with Gasteiger partial charge in [0.05, 0.1) is 24.4 Å². The van der Waals surface area contributed by atoms with Crippen molar-refractivity contribution in [1.82, 2.24) is 34.8 Å². The maximum atomic E-state index is 5.45. The van der Waals surface area contributed by atoms with Gasteiger partial charge in [-0.3, -0.25) is 5.10 Å². The molecule has 5 aromatic rings. The van der Waals surface area contributed by atoms with Crippen LogP contribution in [0, 0.1) is 0 Å². The number of nitrogens with one attached hydrogen (secondary N) is 1. The first-order valence-corrected chi connectivity index (χ1v) is 9.78. The van der Waals surface area contributed by atoms with E-state index in [1.807, 2.05) is 30.5 Å². The number of H-pyrrole nitrogens is 1. The summed E-state index contributed by atoms with van der Waals surface area (Å²) < 4.78 is 7.22. The van der Waals surface area contributed by atoms with Crippen LogP contribution in [-0.2, 0) is 4.74 Å². The standard InChI is InChI=1S/C21H18N8O/c1-3-17-16(9-14(1)15-2-4-19-24-13-25-29(19)11-15)21(27-26-17)18-10-20(23-12-22-18)28-5-7-30-8-6-28/h1-4,9-13H,5-8H2,(H,26,27). The number of aromatic nitrogens is 7. The Hall–Kier alpha value is -3.85. The second-order valence-corrected chi connectivity index (χ2v) is 7.17. The quantitative estimate of drug-likeness (QED) is 0.499. The summed E-state index contributed by atoms with van der Waals surface area (Å²) in [7, 11) is 0. The molecule has 1 aromatic carbocycles. The number of hydrogen-bond donors (Lipinski definition) is 1. The van der Waals surface area contributed by atoms with Gasteiger partial charge in [-0.1, -0.05) is 6.07 Å². The number of morpholine rings is 1. The molecule has 0 atom stereocenters. The molecule has 6 rings (SSSR count). The number of nitrogens with zero attached hydrogens (tertiary/aromatic N) is 7. The van der Waals surface area contributed by atoms with Gasteiger partial charge in [0.25, 0.3) is 0 Å². The lowest BCUT2D eigenvalue weighted by atomic mass is 10.0. The highest BCUT2D eigenvalue weighted by molar-refractivity contribution is 5.95. The molecule has 30 heavy (non-hydrogen) atoms. The van der Waals surface area contributed by atoms with Crippen LogP contribution >= 0.6 is 0 Å². The van der Waals surface area contributed by atoms with Gasteiger partial charge in [0.15, 0.2) is 5.65 Å². The van der Waals surface area contributed by atoms with Crippen LogP contribution in [0.1, 0.15) is 0 Å². The van der Waals surface area contributed by atoms with E-state index in [9.17, 15) is 0 Å². The largest absolute Gasteiger partial charge is 0.378 e. The van der Waals surface area contributed by atoms with E-state index in [1.54, 1.807) is 17.2 Å². The lowest BCUT2D eigenvalue weighted by molar-refractivity contribution is 0.122. The molecule has 4 aromatic heterocycles. The minimum absolute atomic E-state index is 0.712. The van der Waals surface area contributed by atoms with Crippen molar-refractivity contribution in [3.05, 3.63) is 55.2 Å². The first kappa shape index (κ1) is 17.0. The summed E-state index contributed by atoms with van der Waals surface area (Å²) in [4.78, 5) is 15.4. The van der Waals surface area contributed by atoms with Crippen LogP contribution in [0.3, 0.4) is 0 Å². The lowest BCUT2D eigenvalue weighted by Crippen LogP contribution is -2.36. The molecule has 1 aliphatic heterocycles. The van der Waals surface area contributed by atoms with Crippen LogP contribution in [0.2, 0.25) is 0 Å². The Balaban J connectivity index is 1.42. The number of benzene rings is 1. The van der Waals surface area contributed by atoms with Crippen LogP contribution in [0.15, 0.2) is 55.2 Å². The van der Waals surface area contributed by atoms with Gasteiger partial charge in [-0.15, -0.1) is 0 Å². The molecule has 0 amide bonds. The Morgan fingerprint density at radius 3 is 2.73 bits per heavy atom. The minimum atomic E-state index is 0.712. The van der Waals surface area contributed by atoms with E-state index >= 15 is 0 Å². The first-order valence-electron chi connectivity index (χ1n) is 9.78.